The summed E-state index contributed by atoms with van der Waals surface area (Å²) in [4.78, 5) is 19.8. The summed E-state index contributed by atoms with van der Waals surface area (Å²) >= 11 is 0. The quantitative estimate of drug-likeness (QED) is 0.354. The van der Waals surface area contributed by atoms with Gasteiger partial charge in [0.15, 0.2) is 0 Å². The van der Waals surface area contributed by atoms with Crippen molar-refractivity contribution in [3.05, 3.63) is 72.3 Å². The molecule has 1 saturated carbocycles. The topological polar surface area (TPSA) is 47.4 Å². The molecule has 1 aliphatic heterocycles. The second-order valence-electron chi connectivity index (χ2n) is 10.0. The third-order valence-electron chi connectivity index (χ3n) is 7.51. The van der Waals surface area contributed by atoms with E-state index in [9.17, 15) is 4.79 Å². The number of nitrogens with zero attached hydrogens (tertiary/aromatic N) is 3. The molecule has 1 saturated heterocycles. The molecule has 0 unspecified atom stereocenters. The van der Waals surface area contributed by atoms with E-state index >= 15 is 0 Å². The summed E-state index contributed by atoms with van der Waals surface area (Å²) in [5.74, 6) is 2.98. The number of para-hydroxylation sites is 1. The summed E-state index contributed by atoms with van der Waals surface area (Å²) in [7, 11) is 1.69. The number of benzene rings is 3. The molecule has 1 atom stereocenters. The molecule has 3 aromatic carbocycles. The number of hydrogen-bond acceptors (Lipinski definition) is 3. The highest BCUT2D eigenvalue weighted by molar-refractivity contribution is 5.84. The number of aromatic nitrogens is 2. The Morgan fingerprint density at radius 1 is 0.943 bits per heavy atom. The Bertz CT molecular complexity index is 1370. The van der Waals surface area contributed by atoms with Crippen molar-refractivity contribution < 1.29 is 9.53 Å². The molecule has 1 amide bonds. The molecule has 0 N–H and O–H groups in total. The number of ether oxygens (including phenoxy) is 1. The number of imidazole rings is 1. The monoisotopic (exact) mass is 465 g/mol. The summed E-state index contributed by atoms with van der Waals surface area (Å²) in [5.41, 5.74) is 6.86. The predicted molar refractivity (Wildman–Crippen MR) is 139 cm³/mol. The Hall–Kier alpha value is -3.60. The number of likely N-dealkylation sites (tertiary alicyclic amines) is 1. The molecule has 0 spiro atoms. The second kappa shape index (κ2) is 8.88. The molecule has 5 heteroatoms. The van der Waals surface area contributed by atoms with Gasteiger partial charge >= 0.3 is 0 Å². The third kappa shape index (κ3) is 4.20. The van der Waals surface area contributed by atoms with Gasteiger partial charge in [0, 0.05) is 31.1 Å². The fraction of sp³-hybridized carbons (Fsp3) is 0.333. The Balaban J connectivity index is 1.31. The molecule has 4 aromatic rings. The number of carbonyl (C=O) groups is 1. The van der Waals surface area contributed by atoms with Crippen LogP contribution < -0.4 is 4.74 Å². The molecular weight excluding hydrogens is 434 g/mol. The summed E-state index contributed by atoms with van der Waals surface area (Å²) in [6.45, 7) is 4.75. The van der Waals surface area contributed by atoms with Crippen molar-refractivity contribution in [2.24, 2.45) is 11.8 Å². The van der Waals surface area contributed by atoms with Gasteiger partial charge in [0.1, 0.15) is 11.6 Å². The first-order valence-electron chi connectivity index (χ1n) is 12.6. The van der Waals surface area contributed by atoms with Crippen molar-refractivity contribution in [1.29, 1.82) is 0 Å². The highest BCUT2D eigenvalue weighted by Crippen LogP contribution is 2.35. The van der Waals surface area contributed by atoms with Gasteiger partial charge in [-0.15, -0.1) is 0 Å². The van der Waals surface area contributed by atoms with Crippen LogP contribution >= 0.6 is 0 Å². The molecule has 0 bridgehead atoms. The standard InChI is InChI=1S/C30H31N3O2/c1-20-4-3-5-27-28(20)31-29(33(27)19-21-16-17-32(18-21)30(34)25-10-11-25)24-8-6-22(7-9-24)23-12-14-26(35-2)15-13-23/h3-9,12-15,21,25H,10-11,16-19H2,1-2H3/t21-/m0/s1. The van der Waals surface area contributed by atoms with Gasteiger partial charge < -0.3 is 14.2 Å². The summed E-state index contributed by atoms with van der Waals surface area (Å²) in [5, 5.41) is 0. The SMILES string of the molecule is COc1ccc(-c2ccc(-c3nc4c(C)cccc4n3C[C@H]3CCN(C(=O)C4CC4)C3)cc2)cc1. The first-order valence-corrected chi connectivity index (χ1v) is 12.6. The van der Waals surface area contributed by atoms with Crippen LogP contribution in [-0.4, -0.2) is 40.6 Å². The lowest BCUT2D eigenvalue weighted by Crippen LogP contribution is -2.30. The van der Waals surface area contributed by atoms with Gasteiger partial charge in [-0.2, -0.15) is 0 Å². The van der Waals surface area contributed by atoms with Crippen LogP contribution in [0.25, 0.3) is 33.5 Å². The number of methoxy groups -OCH3 is 1. The average molecular weight is 466 g/mol. The van der Waals surface area contributed by atoms with E-state index in [1.807, 2.05) is 12.1 Å². The van der Waals surface area contributed by atoms with Gasteiger partial charge in [-0.05, 0) is 67.0 Å². The van der Waals surface area contributed by atoms with Crippen molar-refractivity contribution in [1.82, 2.24) is 14.5 Å². The van der Waals surface area contributed by atoms with Crippen LogP contribution in [0.4, 0.5) is 0 Å². The van der Waals surface area contributed by atoms with Gasteiger partial charge in [0.25, 0.3) is 0 Å². The third-order valence-corrected chi connectivity index (χ3v) is 7.51. The lowest BCUT2D eigenvalue weighted by atomic mass is 10.0. The Labute approximate surface area is 206 Å². The first-order chi connectivity index (χ1) is 17.1. The molecule has 178 valence electrons. The fourth-order valence-corrected chi connectivity index (χ4v) is 5.32. The van der Waals surface area contributed by atoms with Gasteiger partial charge in [0.2, 0.25) is 5.91 Å². The first kappa shape index (κ1) is 21.9. The zero-order chi connectivity index (χ0) is 23.9. The van der Waals surface area contributed by atoms with Crippen molar-refractivity contribution in [3.8, 4) is 28.3 Å². The summed E-state index contributed by atoms with van der Waals surface area (Å²) in [6, 6.07) is 23.2. The minimum Gasteiger partial charge on any atom is -0.497 e. The minimum atomic E-state index is 0.297. The van der Waals surface area contributed by atoms with Crippen molar-refractivity contribution in [2.45, 2.75) is 32.7 Å². The van der Waals surface area contributed by atoms with Gasteiger partial charge in [-0.1, -0.05) is 48.5 Å². The Morgan fingerprint density at radius 3 is 2.31 bits per heavy atom. The normalized spacial score (nSPS) is 17.8. The lowest BCUT2D eigenvalue weighted by molar-refractivity contribution is -0.131. The van der Waals surface area contributed by atoms with Crippen LogP contribution in [0, 0.1) is 18.8 Å². The van der Waals surface area contributed by atoms with Crippen LogP contribution in [0.1, 0.15) is 24.8 Å². The van der Waals surface area contributed by atoms with E-state index in [1.165, 1.54) is 16.6 Å². The number of hydrogen-bond donors (Lipinski definition) is 0. The van der Waals surface area contributed by atoms with E-state index < -0.39 is 0 Å². The van der Waals surface area contributed by atoms with Crippen molar-refractivity contribution in [3.63, 3.8) is 0 Å². The molecule has 2 fully saturated rings. The van der Waals surface area contributed by atoms with E-state index in [-0.39, 0.29) is 0 Å². The maximum absolute atomic E-state index is 12.6. The molecule has 1 aliphatic carbocycles. The van der Waals surface area contributed by atoms with E-state index in [0.717, 1.165) is 67.1 Å². The van der Waals surface area contributed by atoms with Crippen LogP contribution in [0.15, 0.2) is 66.7 Å². The highest BCUT2D eigenvalue weighted by atomic mass is 16.5. The van der Waals surface area contributed by atoms with Crippen LogP contribution in [-0.2, 0) is 11.3 Å². The average Bonchev–Trinajstić information content (AvgIpc) is 3.53. The van der Waals surface area contributed by atoms with Crippen molar-refractivity contribution >= 4 is 16.9 Å². The molecule has 2 heterocycles. The number of fused-ring (bicyclic) bond motifs is 1. The minimum absolute atomic E-state index is 0.297. The number of aryl methyl sites for hydroxylation is 1. The maximum atomic E-state index is 12.6. The number of carbonyl (C=O) groups excluding carboxylic acids is 1. The lowest BCUT2D eigenvalue weighted by Gasteiger charge is -2.18. The van der Waals surface area contributed by atoms with Gasteiger partial charge in [-0.3, -0.25) is 4.79 Å². The highest BCUT2D eigenvalue weighted by Gasteiger charge is 2.36. The number of amides is 1. The maximum Gasteiger partial charge on any atom is 0.225 e. The van der Waals surface area contributed by atoms with E-state index in [2.05, 4.69) is 71.0 Å². The summed E-state index contributed by atoms with van der Waals surface area (Å²) < 4.78 is 7.67. The zero-order valence-electron chi connectivity index (χ0n) is 20.4. The van der Waals surface area contributed by atoms with Crippen LogP contribution in [0.5, 0.6) is 5.75 Å². The number of rotatable bonds is 6. The van der Waals surface area contributed by atoms with E-state index in [4.69, 9.17) is 9.72 Å². The Kier molecular flexibility index (Phi) is 5.56. The second-order valence-corrected chi connectivity index (χ2v) is 10.0. The summed E-state index contributed by atoms with van der Waals surface area (Å²) in [6.07, 6.45) is 3.20. The molecule has 6 rings (SSSR count). The fourth-order valence-electron chi connectivity index (χ4n) is 5.32. The smallest absolute Gasteiger partial charge is 0.225 e. The van der Waals surface area contributed by atoms with Crippen molar-refractivity contribution in [2.75, 3.05) is 20.2 Å². The largest absolute Gasteiger partial charge is 0.497 e. The molecule has 1 aromatic heterocycles. The van der Waals surface area contributed by atoms with Crippen LogP contribution in [0.2, 0.25) is 0 Å². The van der Waals surface area contributed by atoms with Gasteiger partial charge in [-0.25, -0.2) is 4.98 Å². The molecule has 2 aliphatic rings. The molecule has 35 heavy (non-hydrogen) atoms. The predicted octanol–water partition coefficient (Wildman–Crippen LogP) is 5.95. The van der Waals surface area contributed by atoms with E-state index in [1.54, 1.807) is 7.11 Å². The molecule has 5 nitrogen and oxygen atoms in total. The molecule has 0 radical (unpaired) electrons. The van der Waals surface area contributed by atoms with E-state index in [0.29, 0.717) is 17.7 Å². The van der Waals surface area contributed by atoms with Gasteiger partial charge in [0.05, 0.1) is 18.1 Å². The zero-order valence-corrected chi connectivity index (χ0v) is 20.4. The molecular formula is C30H31N3O2. The Morgan fingerprint density at radius 2 is 1.63 bits per heavy atom. The van der Waals surface area contributed by atoms with Crippen LogP contribution in [0.3, 0.4) is 0 Å².